The Morgan fingerprint density at radius 1 is 1.24 bits per heavy atom. The van der Waals surface area contributed by atoms with Gasteiger partial charge in [0.1, 0.15) is 0 Å². The molecule has 0 aromatic carbocycles. The third-order valence-corrected chi connectivity index (χ3v) is 7.11. The fraction of sp³-hybridized carbons (Fsp3) is 0.706. The number of rotatable bonds is 3. The number of hydrogen-bond donors (Lipinski definition) is 1. The molecule has 0 spiro atoms. The van der Waals surface area contributed by atoms with Gasteiger partial charge in [-0.2, -0.15) is 0 Å². The molecule has 1 atom stereocenters. The summed E-state index contributed by atoms with van der Waals surface area (Å²) in [6.07, 6.45) is 12.8. The highest BCUT2D eigenvalue weighted by Crippen LogP contribution is 2.61. The zero-order valence-electron chi connectivity index (χ0n) is 12.2. The van der Waals surface area contributed by atoms with E-state index in [1.54, 1.807) is 11.3 Å². The molecule has 0 saturated heterocycles. The summed E-state index contributed by atoms with van der Waals surface area (Å²) in [5.74, 6) is 2.70. The van der Waals surface area contributed by atoms with Gasteiger partial charge < -0.3 is 5.11 Å². The van der Waals surface area contributed by atoms with Gasteiger partial charge in [-0.15, -0.1) is 11.3 Å². The first-order valence-corrected chi connectivity index (χ1v) is 9.17. The summed E-state index contributed by atoms with van der Waals surface area (Å²) in [6.45, 7) is 0. The van der Waals surface area contributed by atoms with E-state index in [9.17, 15) is 5.11 Å². The Labute approximate surface area is 129 Å². The number of aliphatic hydroxyl groups excluding tert-OH is 1. The molecule has 4 aliphatic rings. The zero-order chi connectivity index (χ0) is 14.0. The number of thiazole rings is 1. The monoisotopic (exact) mass is 302 g/mol. The Kier molecular flexibility index (Phi) is 2.61. The Hall–Kier alpha value is -0.870. The van der Waals surface area contributed by atoms with Crippen LogP contribution >= 0.6 is 11.3 Å². The van der Waals surface area contributed by atoms with Crippen LogP contribution in [0, 0.1) is 23.2 Å². The highest BCUT2D eigenvalue weighted by atomic mass is 32.1. The van der Waals surface area contributed by atoms with Crippen LogP contribution in [0.4, 0.5) is 0 Å². The van der Waals surface area contributed by atoms with Crippen LogP contribution in [0.25, 0.3) is 4.96 Å². The van der Waals surface area contributed by atoms with Gasteiger partial charge in [0, 0.05) is 24.2 Å². The molecule has 1 N–H and O–H groups in total. The van der Waals surface area contributed by atoms with Crippen molar-refractivity contribution < 1.29 is 5.11 Å². The van der Waals surface area contributed by atoms with Crippen molar-refractivity contribution >= 4 is 16.3 Å². The minimum Gasteiger partial charge on any atom is -0.392 e. The third-order valence-electron chi connectivity index (χ3n) is 6.34. The molecule has 0 amide bonds. The van der Waals surface area contributed by atoms with Crippen molar-refractivity contribution in [2.45, 2.75) is 51.0 Å². The molecular formula is C17H22N2OS. The highest BCUT2D eigenvalue weighted by molar-refractivity contribution is 7.15. The summed E-state index contributed by atoms with van der Waals surface area (Å²) in [5.41, 5.74) is 1.27. The van der Waals surface area contributed by atoms with Gasteiger partial charge in [-0.25, -0.2) is 4.98 Å². The number of hydrogen-bond acceptors (Lipinski definition) is 3. The van der Waals surface area contributed by atoms with Crippen LogP contribution in [0.1, 0.15) is 44.2 Å². The summed E-state index contributed by atoms with van der Waals surface area (Å²) in [7, 11) is 0. The molecular weight excluding hydrogens is 280 g/mol. The maximum Gasteiger partial charge on any atom is 0.193 e. The van der Waals surface area contributed by atoms with E-state index in [4.69, 9.17) is 0 Å². The Morgan fingerprint density at radius 2 is 1.90 bits per heavy atom. The van der Waals surface area contributed by atoms with Gasteiger partial charge in [-0.05, 0) is 61.7 Å². The lowest BCUT2D eigenvalue weighted by Gasteiger charge is -2.58. The number of nitrogens with zero attached hydrogens (tertiary/aromatic N) is 2. The van der Waals surface area contributed by atoms with Crippen molar-refractivity contribution in [1.29, 1.82) is 0 Å². The number of aliphatic hydroxyl groups is 1. The smallest absolute Gasteiger partial charge is 0.193 e. The minimum absolute atomic E-state index is 0.199. The Morgan fingerprint density at radius 3 is 2.52 bits per heavy atom. The van der Waals surface area contributed by atoms with Gasteiger partial charge >= 0.3 is 0 Å². The van der Waals surface area contributed by atoms with Crippen molar-refractivity contribution in [2.75, 3.05) is 0 Å². The average Bonchev–Trinajstić information content (AvgIpc) is 2.97. The second-order valence-electron chi connectivity index (χ2n) is 7.82. The second-order valence-corrected chi connectivity index (χ2v) is 8.70. The largest absolute Gasteiger partial charge is 0.392 e. The summed E-state index contributed by atoms with van der Waals surface area (Å²) in [4.78, 5) is 5.71. The van der Waals surface area contributed by atoms with Crippen LogP contribution in [0.5, 0.6) is 0 Å². The van der Waals surface area contributed by atoms with Gasteiger partial charge in [0.2, 0.25) is 0 Å². The molecule has 4 bridgehead atoms. The lowest BCUT2D eigenvalue weighted by molar-refractivity contribution is -0.119. The van der Waals surface area contributed by atoms with Crippen molar-refractivity contribution in [1.82, 2.24) is 9.38 Å². The van der Waals surface area contributed by atoms with Crippen LogP contribution in [0.3, 0.4) is 0 Å². The van der Waals surface area contributed by atoms with Crippen molar-refractivity contribution in [2.24, 2.45) is 23.2 Å². The van der Waals surface area contributed by atoms with Gasteiger partial charge in [0.15, 0.2) is 4.96 Å². The Balaban J connectivity index is 1.40. The lowest BCUT2D eigenvalue weighted by Crippen LogP contribution is -2.52. The molecule has 4 aliphatic carbocycles. The first kappa shape index (κ1) is 12.7. The minimum atomic E-state index is -0.199. The fourth-order valence-electron chi connectivity index (χ4n) is 5.87. The summed E-state index contributed by atoms with van der Waals surface area (Å²) in [5, 5.41) is 13.0. The number of imidazole rings is 1. The maximum absolute atomic E-state index is 11.0. The molecule has 2 aromatic heterocycles. The SMILES string of the molecule is OC(Cc1cn2ccsc2n1)C12CC3CC(CC(C3)C1)C2. The molecule has 3 nitrogen and oxygen atoms in total. The van der Waals surface area contributed by atoms with Crippen molar-refractivity contribution in [3.05, 3.63) is 23.5 Å². The van der Waals surface area contributed by atoms with Crippen molar-refractivity contribution in [3.63, 3.8) is 0 Å². The first-order valence-electron chi connectivity index (χ1n) is 8.29. The molecule has 0 aliphatic heterocycles. The molecule has 2 heterocycles. The molecule has 1 unspecified atom stereocenters. The molecule has 6 rings (SSSR count). The predicted octanol–water partition coefficient (Wildman–Crippen LogP) is 3.52. The molecule has 21 heavy (non-hydrogen) atoms. The topological polar surface area (TPSA) is 37.5 Å². The Bertz CT molecular complexity index is 609. The summed E-state index contributed by atoms with van der Waals surface area (Å²) >= 11 is 1.66. The van der Waals surface area contributed by atoms with E-state index < -0.39 is 0 Å². The van der Waals surface area contributed by atoms with Gasteiger partial charge in [0.25, 0.3) is 0 Å². The molecule has 112 valence electrons. The maximum atomic E-state index is 11.0. The van der Waals surface area contributed by atoms with E-state index in [-0.39, 0.29) is 11.5 Å². The molecule has 4 fully saturated rings. The second kappa shape index (κ2) is 4.32. The van der Waals surface area contributed by atoms with Crippen LogP contribution in [0.15, 0.2) is 17.8 Å². The van der Waals surface area contributed by atoms with E-state index in [1.165, 1.54) is 38.5 Å². The van der Waals surface area contributed by atoms with Crippen LogP contribution in [0.2, 0.25) is 0 Å². The van der Waals surface area contributed by atoms with E-state index in [0.29, 0.717) is 0 Å². The highest BCUT2D eigenvalue weighted by Gasteiger charge is 2.53. The van der Waals surface area contributed by atoms with E-state index in [2.05, 4.69) is 21.0 Å². The average molecular weight is 302 g/mol. The fourth-order valence-corrected chi connectivity index (χ4v) is 6.59. The molecule has 2 aromatic rings. The number of fused-ring (bicyclic) bond motifs is 1. The van der Waals surface area contributed by atoms with Crippen molar-refractivity contribution in [3.8, 4) is 0 Å². The normalized spacial score (nSPS) is 39.2. The third kappa shape index (κ3) is 1.92. The summed E-state index contributed by atoms with van der Waals surface area (Å²) in [6, 6.07) is 0. The first-order chi connectivity index (χ1) is 10.2. The summed E-state index contributed by atoms with van der Waals surface area (Å²) < 4.78 is 2.08. The molecule has 0 radical (unpaired) electrons. The molecule has 4 heteroatoms. The standard InChI is InChI=1S/C17H22N2OS/c20-15(6-14-10-19-1-2-21-16(19)18-14)17-7-11-3-12(8-17)5-13(4-11)9-17/h1-2,10-13,15,20H,3-9H2. The number of aromatic nitrogens is 2. The van der Waals surface area contributed by atoms with E-state index in [1.807, 2.05) is 6.20 Å². The van der Waals surface area contributed by atoms with Crippen LogP contribution in [-0.4, -0.2) is 20.6 Å². The van der Waals surface area contributed by atoms with E-state index >= 15 is 0 Å². The quantitative estimate of drug-likeness (QED) is 0.942. The van der Waals surface area contributed by atoms with Gasteiger partial charge in [-0.1, -0.05) is 0 Å². The lowest BCUT2D eigenvalue weighted by atomic mass is 9.48. The van der Waals surface area contributed by atoms with E-state index in [0.717, 1.165) is 34.8 Å². The predicted molar refractivity (Wildman–Crippen MR) is 83.4 cm³/mol. The van der Waals surface area contributed by atoms with Gasteiger partial charge in [-0.3, -0.25) is 4.40 Å². The van der Waals surface area contributed by atoms with Crippen LogP contribution in [-0.2, 0) is 6.42 Å². The van der Waals surface area contributed by atoms with Crippen LogP contribution < -0.4 is 0 Å². The molecule has 4 saturated carbocycles. The van der Waals surface area contributed by atoms with Gasteiger partial charge in [0.05, 0.1) is 11.8 Å². The zero-order valence-corrected chi connectivity index (χ0v) is 13.1.